The lowest BCUT2D eigenvalue weighted by Crippen LogP contribution is -2.38. The molecule has 0 heterocycles. The van der Waals surface area contributed by atoms with Crippen molar-refractivity contribution in [3.05, 3.63) is 0 Å². The zero-order valence-corrected chi connectivity index (χ0v) is 6.96. The van der Waals surface area contributed by atoms with E-state index >= 15 is 0 Å². The number of carbonyl (C=O) groups is 1. The van der Waals surface area contributed by atoms with Crippen LogP contribution in [-0.2, 0) is 9.53 Å². The van der Waals surface area contributed by atoms with Gasteiger partial charge in [0.15, 0.2) is 0 Å². The van der Waals surface area contributed by atoms with Gasteiger partial charge in [-0.25, -0.2) is 0 Å². The monoisotopic (exact) mass is 161 g/mol. The van der Waals surface area contributed by atoms with Gasteiger partial charge in [-0.15, -0.1) is 0 Å². The van der Waals surface area contributed by atoms with Crippen LogP contribution >= 0.6 is 0 Å². The Labute approximate surface area is 66.5 Å². The SMILES string of the molecule is CCCOCC(NC)C(=O)O. The summed E-state index contributed by atoms with van der Waals surface area (Å²) >= 11 is 0. The summed E-state index contributed by atoms with van der Waals surface area (Å²) in [5, 5.41) is 11.2. The Morgan fingerprint density at radius 3 is 2.73 bits per heavy atom. The van der Waals surface area contributed by atoms with Crippen molar-refractivity contribution in [2.24, 2.45) is 0 Å². The molecule has 0 amide bonds. The van der Waals surface area contributed by atoms with Gasteiger partial charge in [0.05, 0.1) is 6.61 Å². The molecule has 66 valence electrons. The van der Waals surface area contributed by atoms with Crippen molar-refractivity contribution in [3.63, 3.8) is 0 Å². The highest BCUT2D eigenvalue weighted by Crippen LogP contribution is 1.86. The van der Waals surface area contributed by atoms with Crippen molar-refractivity contribution < 1.29 is 14.6 Å². The summed E-state index contributed by atoms with van der Waals surface area (Å²) in [6.07, 6.45) is 0.913. The Balaban J connectivity index is 3.44. The number of likely N-dealkylation sites (N-methyl/N-ethyl adjacent to an activating group) is 1. The van der Waals surface area contributed by atoms with Crippen LogP contribution in [0.15, 0.2) is 0 Å². The van der Waals surface area contributed by atoms with E-state index < -0.39 is 12.0 Å². The molecule has 2 N–H and O–H groups in total. The van der Waals surface area contributed by atoms with Crippen molar-refractivity contribution in [2.75, 3.05) is 20.3 Å². The van der Waals surface area contributed by atoms with E-state index in [2.05, 4.69) is 5.32 Å². The second kappa shape index (κ2) is 6.12. The molecule has 0 aliphatic rings. The lowest BCUT2D eigenvalue weighted by molar-refractivity contribution is -0.140. The third kappa shape index (κ3) is 4.75. The van der Waals surface area contributed by atoms with E-state index in [9.17, 15) is 4.79 Å². The van der Waals surface area contributed by atoms with Crippen molar-refractivity contribution in [1.82, 2.24) is 5.32 Å². The van der Waals surface area contributed by atoms with Crippen molar-refractivity contribution >= 4 is 5.97 Å². The standard InChI is InChI=1S/C7H15NO3/c1-3-4-11-5-6(8-2)7(9)10/h6,8H,3-5H2,1-2H3,(H,9,10). The van der Waals surface area contributed by atoms with Gasteiger partial charge in [0, 0.05) is 6.61 Å². The first-order valence-corrected chi connectivity index (χ1v) is 3.70. The van der Waals surface area contributed by atoms with Gasteiger partial charge >= 0.3 is 5.97 Å². The molecule has 0 aromatic rings. The molecule has 0 rings (SSSR count). The van der Waals surface area contributed by atoms with Crippen molar-refractivity contribution in [1.29, 1.82) is 0 Å². The molecular formula is C7H15NO3. The number of ether oxygens (including phenoxy) is 1. The minimum atomic E-state index is -0.872. The second-order valence-corrected chi connectivity index (χ2v) is 2.25. The van der Waals surface area contributed by atoms with E-state index in [1.165, 1.54) is 0 Å². The van der Waals surface area contributed by atoms with E-state index in [-0.39, 0.29) is 6.61 Å². The van der Waals surface area contributed by atoms with E-state index in [1.807, 2.05) is 6.92 Å². The lowest BCUT2D eigenvalue weighted by Gasteiger charge is -2.10. The van der Waals surface area contributed by atoms with Gasteiger partial charge < -0.3 is 15.2 Å². The number of aliphatic carboxylic acids is 1. The van der Waals surface area contributed by atoms with Crippen LogP contribution < -0.4 is 5.32 Å². The van der Waals surface area contributed by atoms with Gasteiger partial charge in [-0.3, -0.25) is 4.79 Å². The quantitative estimate of drug-likeness (QED) is 0.542. The molecule has 0 fully saturated rings. The van der Waals surface area contributed by atoms with Crippen LogP contribution in [0, 0.1) is 0 Å². The number of hydrogen-bond acceptors (Lipinski definition) is 3. The number of hydrogen-bond donors (Lipinski definition) is 2. The molecule has 0 aromatic heterocycles. The van der Waals surface area contributed by atoms with Crippen LogP contribution in [0.2, 0.25) is 0 Å². The molecule has 0 aliphatic heterocycles. The van der Waals surface area contributed by atoms with E-state index in [0.717, 1.165) is 6.42 Å². The van der Waals surface area contributed by atoms with Gasteiger partial charge in [0.25, 0.3) is 0 Å². The topological polar surface area (TPSA) is 58.6 Å². The maximum absolute atomic E-state index is 10.4. The van der Waals surface area contributed by atoms with Crippen molar-refractivity contribution in [3.8, 4) is 0 Å². The Bertz CT molecular complexity index is 116. The first-order valence-electron chi connectivity index (χ1n) is 3.70. The average molecular weight is 161 g/mol. The highest BCUT2D eigenvalue weighted by atomic mass is 16.5. The summed E-state index contributed by atoms with van der Waals surface area (Å²) in [7, 11) is 1.61. The van der Waals surface area contributed by atoms with Crippen LogP contribution in [0.5, 0.6) is 0 Å². The number of carboxylic acids is 1. The van der Waals surface area contributed by atoms with E-state index in [4.69, 9.17) is 9.84 Å². The fourth-order valence-corrected chi connectivity index (χ4v) is 0.624. The minimum absolute atomic E-state index is 0.236. The fourth-order valence-electron chi connectivity index (χ4n) is 0.624. The van der Waals surface area contributed by atoms with E-state index in [0.29, 0.717) is 6.61 Å². The predicted molar refractivity (Wildman–Crippen MR) is 41.6 cm³/mol. The Hall–Kier alpha value is -0.610. The first-order chi connectivity index (χ1) is 5.22. The maximum Gasteiger partial charge on any atom is 0.323 e. The third-order valence-electron chi connectivity index (χ3n) is 1.28. The molecule has 0 bridgehead atoms. The molecule has 4 nitrogen and oxygen atoms in total. The molecule has 0 spiro atoms. The van der Waals surface area contributed by atoms with Crippen LogP contribution in [0.25, 0.3) is 0 Å². The molecule has 1 unspecified atom stereocenters. The molecule has 0 radical (unpaired) electrons. The molecule has 0 saturated carbocycles. The maximum atomic E-state index is 10.4. The number of carboxylic acid groups (broad SMARTS) is 1. The summed E-state index contributed by atoms with van der Waals surface area (Å²) in [5.74, 6) is -0.872. The Morgan fingerprint density at radius 2 is 2.36 bits per heavy atom. The zero-order valence-electron chi connectivity index (χ0n) is 6.96. The summed E-state index contributed by atoms with van der Waals surface area (Å²) in [4.78, 5) is 10.4. The molecule has 0 aromatic carbocycles. The van der Waals surface area contributed by atoms with E-state index in [1.54, 1.807) is 7.05 Å². The van der Waals surface area contributed by atoms with Gasteiger partial charge in [0.1, 0.15) is 6.04 Å². The zero-order chi connectivity index (χ0) is 8.69. The first kappa shape index (κ1) is 10.4. The molecular weight excluding hydrogens is 146 g/mol. The molecule has 0 aliphatic carbocycles. The summed E-state index contributed by atoms with van der Waals surface area (Å²) in [6.45, 7) is 2.83. The summed E-state index contributed by atoms with van der Waals surface area (Å²) < 4.78 is 5.05. The largest absolute Gasteiger partial charge is 0.480 e. The average Bonchev–Trinajstić information content (AvgIpc) is 1.97. The summed E-state index contributed by atoms with van der Waals surface area (Å²) in [5.41, 5.74) is 0. The molecule has 11 heavy (non-hydrogen) atoms. The third-order valence-corrected chi connectivity index (χ3v) is 1.28. The lowest BCUT2D eigenvalue weighted by atomic mass is 10.3. The normalized spacial score (nSPS) is 12.9. The minimum Gasteiger partial charge on any atom is -0.480 e. The van der Waals surface area contributed by atoms with Crippen molar-refractivity contribution in [2.45, 2.75) is 19.4 Å². The van der Waals surface area contributed by atoms with Crippen LogP contribution in [-0.4, -0.2) is 37.4 Å². The van der Waals surface area contributed by atoms with Crippen LogP contribution in [0.3, 0.4) is 0 Å². The number of rotatable bonds is 6. The Morgan fingerprint density at radius 1 is 1.73 bits per heavy atom. The van der Waals surface area contributed by atoms with Gasteiger partial charge in [-0.1, -0.05) is 6.92 Å². The fraction of sp³-hybridized carbons (Fsp3) is 0.857. The van der Waals surface area contributed by atoms with Crippen LogP contribution in [0.1, 0.15) is 13.3 Å². The number of nitrogens with one attached hydrogen (secondary N) is 1. The van der Waals surface area contributed by atoms with Gasteiger partial charge in [0.2, 0.25) is 0 Å². The Kier molecular flexibility index (Phi) is 5.78. The highest BCUT2D eigenvalue weighted by molar-refractivity contribution is 5.73. The van der Waals surface area contributed by atoms with Crippen LogP contribution in [0.4, 0.5) is 0 Å². The second-order valence-electron chi connectivity index (χ2n) is 2.25. The molecule has 4 heteroatoms. The summed E-state index contributed by atoms with van der Waals surface area (Å²) in [6, 6.07) is -0.582. The van der Waals surface area contributed by atoms with Gasteiger partial charge in [-0.2, -0.15) is 0 Å². The van der Waals surface area contributed by atoms with Gasteiger partial charge in [-0.05, 0) is 13.5 Å². The smallest absolute Gasteiger partial charge is 0.323 e. The molecule has 1 atom stereocenters. The predicted octanol–water partition coefficient (Wildman–Crippen LogP) is 0.0856. The molecule has 0 saturated heterocycles. The highest BCUT2D eigenvalue weighted by Gasteiger charge is 2.13.